The van der Waals surface area contributed by atoms with E-state index in [4.69, 9.17) is 11.2 Å². The van der Waals surface area contributed by atoms with Crippen LogP contribution in [0.5, 0.6) is 17.6 Å². The predicted molar refractivity (Wildman–Crippen MR) is 80.3 cm³/mol. The Hall–Kier alpha value is -2.59. The Balaban J connectivity index is 1.75. The van der Waals surface area contributed by atoms with Crippen molar-refractivity contribution in [3.63, 3.8) is 0 Å². The van der Waals surface area contributed by atoms with Gasteiger partial charge in [0.15, 0.2) is 0 Å². The Morgan fingerprint density at radius 3 is 1.18 bits per heavy atom. The fourth-order valence-corrected chi connectivity index (χ4v) is 3.36. The van der Waals surface area contributed by atoms with Gasteiger partial charge in [-0.2, -0.15) is 0 Å². The first-order valence-electron chi connectivity index (χ1n) is 6.47. The molecule has 0 aliphatic carbocycles. The monoisotopic (exact) mass is 357 g/mol. The molecule has 0 aliphatic rings. The molecule has 0 fully saturated rings. The van der Waals surface area contributed by atoms with Crippen molar-refractivity contribution < 1.29 is 11.2 Å². The van der Waals surface area contributed by atoms with Gasteiger partial charge < -0.3 is 0 Å². The van der Waals surface area contributed by atoms with Crippen LogP contribution in [-0.2, 0) is 0 Å². The summed E-state index contributed by atoms with van der Waals surface area (Å²) in [5.41, 5.74) is 0. The third-order valence-corrected chi connectivity index (χ3v) is 4.53. The Labute approximate surface area is 133 Å². The number of hydrogen-bond acceptors (Lipinski definition) is 6. The van der Waals surface area contributed by atoms with E-state index in [0.29, 0.717) is 17.6 Å². The Bertz CT molecular complexity index is 588. The molecule has 0 amide bonds. The summed E-state index contributed by atoms with van der Waals surface area (Å²) >= 11 is -2.68. The molecular formula is C15H12AsN3O3. The normalized spacial score (nSPS) is 10.2. The quantitative estimate of drug-likeness (QED) is 0.631. The zero-order valence-corrected chi connectivity index (χ0v) is 13.3. The van der Waals surface area contributed by atoms with Gasteiger partial charge in [-0.3, -0.25) is 0 Å². The first-order valence-corrected chi connectivity index (χ1v) is 8.77. The molecular weight excluding hydrogens is 345 g/mol. The molecule has 22 heavy (non-hydrogen) atoms. The molecule has 0 saturated heterocycles. The molecule has 3 heterocycles. The summed E-state index contributed by atoms with van der Waals surface area (Å²) < 4.78 is 17.2. The van der Waals surface area contributed by atoms with Crippen LogP contribution in [0.25, 0.3) is 0 Å². The van der Waals surface area contributed by atoms with Crippen molar-refractivity contribution in [2.75, 3.05) is 0 Å². The van der Waals surface area contributed by atoms with Crippen LogP contribution in [0.3, 0.4) is 0 Å². The van der Waals surface area contributed by atoms with E-state index in [2.05, 4.69) is 15.0 Å². The van der Waals surface area contributed by atoms with Gasteiger partial charge >= 0.3 is 133 Å². The molecule has 3 aromatic rings. The number of nitrogens with zero attached hydrogens (tertiary/aromatic N) is 3. The molecule has 0 radical (unpaired) electrons. The van der Waals surface area contributed by atoms with Crippen molar-refractivity contribution in [1.29, 1.82) is 0 Å². The van der Waals surface area contributed by atoms with E-state index in [1.165, 1.54) is 0 Å². The Morgan fingerprint density at radius 1 is 0.545 bits per heavy atom. The molecule has 3 aromatic heterocycles. The van der Waals surface area contributed by atoms with Gasteiger partial charge in [0.1, 0.15) is 0 Å². The average molecular weight is 357 g/mol. The van der Waals surface area contributed by atoms with E-state index >= 15 is 0 Å². The molecule has 0 N–H and O–H groups in total. The van der Waals surface area contributed by atoms with Crippen LogP contribution < -0.4 is 11.2 Å². The second-order valence-corrected chi connectivity index (χ2v) is 6.09. The molecule has 6 nitrogen and oxygen atoms in total. The Morgan fingerprint density at radius 2 is 0.909 bits per heavy atom. The summed E-state index contributed by atoms with van der Waals surface area (Å²) in [6, 6.07) is 16.1. The van der Waals surface area contributed by atoms with Crippen molar-refractivity contribution in [2.24, 2.45) is 0 Å². The minimum atomic E-state index is -2.68. The number of hydrogen-bond donors (Lipinski definition) is 0. The van der Waals surface area contributed by atoms with Gasteiger partial charge in [-0.25, -0.2) is 0 Å². The first kappa shape index (κ1) is 14.4. The van der Waals surface area contributed by atoms with Gasteiger partial charge in [-0.05, 0) is 0 Å². The van der Waals surface area contributed by atoms with Crippen LogP contribution in [0.15, 0.2) is 73.2 Å². The molecule has 0 saturated carbocycles. The molecule has 0 aromatic carbocycles. The van der Waals surface area contributed by atoms with Crippen LogP contribution in [0, 0.1) is 0 Å². The van der Waals surface area contributed by atoms with E-state index in [-0.39, 0.29) is 0 Å². The van der Waals surface area contributed by atoms with Crippen LogP contribution in [0.4, 0.5) is 0 Å². The molecule has 0 bridgehead atoms. The molecule has 3 rings (SSSR count). The van der Waals surface area contributed by atoms with E-state index in [1.807, 2.05) is 36.4 Å². The zero-order valence-electron chi connectivity index (χ0n) is 11.4. The molecule has 0 atom stereocenters. The van der Waals surface area contributed by atoms with E-state index in [9.17, 15) is 0 Å². The van der Waals surface area contributed by atoms with Gasteiger partial charge in [0.2, 0.25) is 0 Å². The van der Waals surface area contributed by atoms with Gasteiger partial charge in [0.25, 0.3) is 0 Å². The second kappa shape index (κ2) is 7.43. The summed E-state index contributed by atoms with van der Waals surface area (Å²) in [6.45, 7) is 0. The summed E-state index contributed by atoms with van der Waals surface area (Å²) in [4.78, 5) is 12.3. The topological polar surface area (TPSA) is 66.4 Å². The van der Waals surface area contributed by atoms with Crippen LogP contribution in [-0.4, -0.2) is 30.6 Å². The fourth-order valence-electron chi connectivity index (χ4n) is 1.49. The molecule has 0 unspecified atom stereocenters. The maximum absolute atomic E-state index is 5.73. The third kappa shape index (κ3) is 4.20. The summed E-state index contributed by atoms with van der Waals surface area (Å²) in [5, 5.41) is 0. The van der Waals surface area contributed by atoms with Crippen LogP contribution in [0.2, 0.25) is 0 Å². The molecule has 110 valence electrons. The SMILES string of the molecule is c1ccc(O[As](Oc2ccccn2)Oc2ccccn2)nc1. The summed E-state index contributed by atoms with van der Waals surface area (Å²) in [6.07, 6.45) is 4.93. The zero-order chi connectivity index (χ0) is 15.0. The maximum atomic E-state index is 5.73. The minimum absolute atomic E-state index is 0.439. The van der Waals surface area contributed by atoms with E-state index in [1.54, 1.807) is 36.8 Å². The standard InChI is InChI=1S/C15H12AsN3O3/c1-4-10-17-13(7-1)20-16(21-14-8-2-5-11-18-14)22-15-9-3-6-12-19-15/h1-12H. The van der Waals surface area contributed by atoms with Crippen molar-refractivity contribution >= 4 is 15.7 Å². The number of aromatic nitrogens is 3. The van der Waals surface area contributed by atoms with Gasteiger partial charge in [0.05, 0.1) is 0 Å². The van der Waals surface area contributed by atoms with Crippen molar-refractivity contribution in [3.05, 3.63) is 73.2 Å². The van der Waals surface area contributed by atoms with E-state index < -0.39 is 15.7 Å². The van der Waals surface area contributed by atoms with Crippen molar-refractivity contribution in [2.45, 2.75) is 0 Å². The molecule has 0 spiro atoms. The second-order valence-electron chi connectivity index (χ2n) is 4.00. The van der Waals surface area contributed by atoms with Crippen LogP contribution >= 0.6 is 0 Å². The van der Waals surface area contributed by atoms with Crippen molar-refractivity contribution in [3.8, 4) is 17.6 Å². The summed E-state index contributed by atoms with van der Waals surface area (Å²) in [7, 11) is 0. The molecule has 7 heteroatoms. The van der Waals surface area contributed by atoms with Crippen LogP contribution in [0.1, 0.15) is 0 Å². The first-order chi connectivity index (χ1) is 10.9. The summed E-state index contributed by atoms with van der Waals surface area (Å²) in [5.74, 6) is 1.32. The van der Waals surface area contributed by atoms with Gasteiger partial charge in [-0.15, -0.1) is 0 Å². The predicted octanol–water partition coefficient (Wildman–Crippen LogP) is 2.39. The average Bonchev–Trinajstić information content (AvgIpc) is 2.57. The molecule has 0 aliphatic heterocycles. The Kier molecular flexibility index (Phi) is 4.84. The fraction of sp³-hybridized carbons (Fsp3) is 0. The number of pyridine rings is 3. The van der Waals surface area contributed by atoms with Crippen molar-refractivity contribution in [1.82, 2.24) is 15.0 Å². The third-order valence-electron chi connectivity index (χ3n) is 2.42. The van der Waals surface area contributed by atoms with E-state index in [0.717, 1.165) is 0 Å². The van der Waals surface area contributed by atoms with Gasteiger partial charge in [-0.1, -0.05) is 0 Å². The number of rotatable bonds is 6. The van der Waals surface area contributed by atoms with Gasteiger partial charge in [0, 0.05) is 0 Å².